The molecule has 86 valence electrons. The summed E-state index contributed by atoms with van der Waals surface area (Å²) in [7, 11) is 0. The molecule has 0 aliphatic heterocycles. The molecule has 0 aliphatic carbocycles. The Morgan fingerprint density at radius 3 is 2.07 bits per heavy atom. The first-order chi connectivity index (χ1) is 6.88. The largest absolute Gasteiger partial charge is 0.454 e. The minimum absolute atomic E-state index is 0.0470. The quantitative estimate of drug-likeness (QED) is 0.629. The normalized spacial score (nSPS) is 14.1. The summed E-state index contributed by atoms with van der Waals surface area (Å²) >= 11 is 0. The lowest BCUT2D eigenvalue weighted by Gasteiger charge is -2.15. The van der Waals surface area contributed by atoms with Crippen LogP contribution >= 0.6 is 0 Å². The van der Waals surface area contributed by atoms with Gasteiger partial charge in [-0.15, -0.1) is 0 Å². The monoisotopic (exact) mass is 214 g/mol. The zero-order chi connectivity index (χ0) is 12.0. The number of ketones is 2. The Balaban J connectivity index is 4.27. The number of ether oxygens (including phenoxy) is 1. The summed E-state index contributed by atoms with van der Waals surface area (Å²) in [5, 5.41) is 0. The van der Waals surface area contributed by atoms with Crippen LogP contribution in [0.2, 0.25) is 0 Å². The molecule has 0 aliphatic rings. The average Bonchev–Trinajstić information content (AvgIpc) is 2.13. The fourth-order valence-corrected chi connectivity index (χ4v) is 1.09. The van der Waals surface area contributed by atoms with Gasteiger partial charge in [0.25, 0.3) is 0 Å². The number of Topliss-reactive ketones (excluding diaryl/α,β-unsaturated/α-hetero) is 2. The first kappa shape index (κ1) is 13.8. The van der Waals surface area contributed by atoms with Gasteiger partial charge in [-0.1, -0.05) is 6.92 Å². The number of rotatable bonds is 6. The van der Waals surface area contributed by atoms with Gasteiger partial charge in [0.05, 0.1) is 5.92 Å². The van der Waals surface area contributed by atoms with E-state index in [0.29, 0.717) is 6.42 Å². The SMILES string of the molecule is CC[C@H](CC(C)=O)C(=O)O[C@@H](C)C(C)=O. The van der Waals surface area contributed by atoms with E-state index in [0.717, 1.165) is 0 Å². The standard InChI is InChI=1S/C11H18O4/c1-5-10(6-7(2)12)11(14)15-9(4)8(3)13/h9-10H,5-6H2,1-4H3/t9-,10+/m0/s1. The molecule has 0 saturated carbocycles. The number of esters is 1. The van der Waals surface area contributed by atoms with E-state index in [2.05, 4.69) is 0 Å². The summed E-state index contributed by atoms with van der Waals surface area (Å²) in [5.74, 6) is -1.13. The molecule has 4 heteroatoms. The van der Waals surface area contributed by atoms with Gasteiger partial charge < -0.3 is 9.53 Å². The van der Waals surface area contributed by atoms with Gasteiger partial charge in [-0.3, -0.25) is 9.59 Å². The van der Waals surface area contributed by atoms with Crippen LogP contribution in [0, 0.1) is 5.92 Å². The second-order valence-electron chi connectivity index (χ2n) is 3.70. The third-order valence-corrected chi connectivity index (χ3v) is 2.23. The van der Waals surface area contributed by atoms with Crippen LogP contribution in [0.3, 0.4) is 0 Å². The van der Waals surface area contributed by atoms with Crippen molar-refractivity contribution in [1.29, 1.82) is 0 Å². The first-order valence-corrected chi connectivity index (χ1v) is 5.08. The van der Waals surface area contributed by atoms with Gasteiger partial charge in [0.1, 0.15) is 5.78 Å². The zero-order valence-electron chi connectivity index (χ0n) is 9.70. The van der Waals surface area contributed by atoms with E-state index < -0.39 is 18.0 Å². The van der Waals surface area contributed by atoms with E-state index in [1.807, 2.05) is 6.92 Å². The number of hydrogen-bond acceptors (Lipinski definition) is 4. The Morgan fingerprint density at radius 2 is 1.73 bits per heavy atom. The van der Waals surface area contributed by atoms with Gasteiger partial charge in [-0.2, -0.15) is 0 Å². The Kier molecular flexibility index (Phi) is 5.82. The Morgan fingerprint density at radius 1 is 1.20 bits per heavy atom. The summed E-state index contributed by atoms with van der Waals surface area (Å²) < 4.78 is 4.93. The van der Waals surface area contributed by atoms with Crippen molar-refractivity contribution in [2.75, 3.05) is 0 Å². The molecule has 0 rings (SSSR count). The van der Waals surface area contributed by atoms with E-state index >= 15 is 0 Å². The van der Waals surface area contributed by atoms with Crippen molar-refractivity contribution < 1.29 is 19.1 Å². The van der Waals surface area contributed by atoms with Gasteiger partial charge >= 0.3 is 5.97 Å². The molecule has 2 atom stereocenters. The van der Waals surface area contributed by atoms with E-state index in [1.54, 1.807) is 0 Å². The summed E-state index contributed by atoms with van der Waals surface area (Å²) in [6.07, 6.45) is 0.00159. The molecule has 0 amide bonds. The zero-order valence-corrected chi connectivity index (χ0v) is 9.70. The van der Waals surface area contributed by atoms with Crippen molar-refractivity contribution >= 4 is 17.5 Å². The van der Waals surface area contributed by atoms with Crippen LogP contribution < -0.4 is 0 Å². The third kappa shape index (κ3) is 5.30. The van der Waals surface area contributed by atoms with Gasteiger partial charge in [-0.25, -0.2) is 0 Å². The highest BCUT2D eigenvalue weighted by Crippen LogP contribution is 2.12. The molecule has 0 saturated heterocycles. The molecule has 0 radical (unpaired) electrons. The maximum atomic E-state index is 11.5. The van der Waals surface area contributed by atoms with Crippen molar-refractivity contribution in [3.63, 3.8) is 0 Å². The minimum atomic E-state index is -0.724. The second kappa shape index (κ2) is 6.32. The Bertz CT molecular complexity index is 257. The van der Waals surface area contributed by atoms with Crippen LogP contribution in [0.5, 0.6) is 0 Å². The van der Waals surface area contributed by atoms with Crippen molar-refractivity contribution in [2.24, 2.45) is 5.92 Å². The van der Waals surface area contributed by atoms with Crippen molar-refractivity contribution in [3.8, 4) is 0 Å². The predicted molar refractivity (Wildman–Crippen MR) is 55.3 cm³/mol. The molecule has 0 unspecified atom stereocenters. The lowest BCUT2D eigenvalue weighted by molar-refractivity contribution is -0.158. The molecule has 4 nitrogen and oxygen atoms in total. The second-order valence-corrected chi connectivity index (χ2v) is 3.70. The van der Waals surface area contributed by atoms with Crippen LogP contribution in [0.15, 0.2) is 0 Å². The molecule has 0 aromatic heterocycles. The van der Waals surface area contributed by atoms with Gasteiger partial charge in [0.2, 0.25) is 0 Å². The molecule has 15 heavy (non-hydrogen) atoms. The highest BCUT2D eigenvalue weighted by atomic mass is 16.5. The van der Waals surface area contributed by atoms with Gasteiger partial charge in [0.15, 0.2) is 11.9 Å². The molecule has 0 heterocycles. The maximum Gasteiger partial charge on any atom is 0.310 e. The highest BCUT2D eigenvalue weighted by molar-refractivity contribution is 5.86. The average molecular weight is 214 g/mol. The summed E-state index contributed by atoms with van der Waals surface area (Å²) in [6, 6.07) is 0. The molecule has 0 aromatic rings. The topological polar surface area (TPSA) is 60.4 Å². The third-order valence-electron chi connectivity index (χ3n) is 2.23. The van der Waals surface area contributed by atoms with E-state index in [4.69, 9.17) is 4.74 Å². The fraction of sp³-hybridized carbons (Fsp3) is 0.727. The van der Waals surface area contributed by atoms with Crippen LogP contribution in [0.1, 0.15) is 40.5 Å². The molecule has 0 bridgehead atoms. The van der Waals surface area contributed by atoms with Gasteiger partial charge in [0, 0.05) is 6.42 Å². The summed E-state index contributed by atoms with van der Waals surface area (Å²) in [6.45, 7) is 6.14. The fourth-order valence-electron chi connectivity index (χ4n) is 1.09. The highest BCUT2D eigenvalue weighted by Gasteiger charge is 2.23. The summed E-state index contributed by atoms with van der Waals surface area (Å²) in [5.41, 5.74) is 0. The predicted octanol–water partition coefficient (Wildman–Crippen LogP) is 1.51. The molecular formula is C11H18O4. The van der Waals surface area contributed by atoms with Crippen LogP contribution in [0.25, 0.3) is 0 Å². The van der Waals surface area contributed by atoms with E-state index in [1.165, 1.54) is 20.8 Å². The van der Waals surface area contributed by atoms with Crippen LogP contribution in [-0.2, 0) is 19.1 Å². The van der Waals surface area contributed by atoms with E-state index in [-0.39, 0.29) is 18.0 Å². The molecule has 0 fully saturated rings. The lowest BCUT2D eigenvalue weighted by Crippen LogP contribution is -2.27. The van der Waals surface area contributed by atoms with Gasteiger partial charge in [-0.05, 0) is 27.2 Å². The number of carbonyl (C=O) groups excluding carboxylic acids is 3. The maximum absolute atomic E-state index is 11.5. The Labute approximate surface area is 90.0 Å². The van der Waals surface area contributed by atoms with Crippen molar-refractivity contribution in [2.45, 2.75) is 46.6 Å². The van der Waals surface area contributed by atoms with Crippen LogP contribution in [0.4, 0.5) is 0 Å². The minimum Gasteiger partial charge on any atom is -0.454 e. The Hall–Kier alpha value is -1.19. The molecule has 0 spiro atoms. The molecular weight excluding hydrogens is 196 g/mol. The van der Waals surface area contributed by atoms with E-state index in [9.17, 15) is 14.4 Å². The molecule has 0 aromatic carbocycles. The lowest BCUT2D eigenvalue weighted by atomic mass is 10.0. The molecule has 0 N–H and O–H groups in total. The smallest absolute Gasteiger partial charge is 0.310 e. The number of hydrogen-bond donors (Lipinski definition) is 0. The summed E-state index contributed by atoms with van der Waals surface area (Å²) in [4.78, 5) is 33.2. The first-order valence-electron chi connectivity index (χ1n) is 5.08. The van der Waals surface area contributed by atoms with Crippen LogP contribution in [-0.4, -0.2) is 23.6 Å². The van der Waals surface area contributed by atoms with Crippen molar-refractivity contribution in [3.05, 3.63) is 0 Å². The van der Waals surface area contributed by atoms with Crippen molar-refractivity contribution in [1.82, 2.24) is 0 Å². The number of carbonyl (C=O) groups is 3.